The summed E-state index contributed by atoms with van der Waals surface area (Å²) in [5, 5.41) is 0. The Bertz CT molecular complexity index is 367. The van der Waals surface area contributed by atoms with Crippen molar-refractivity contribution in [3.05, 3.63) is 29.8 Å². The maximum absolute atomic E-state index is 5.96. The smallest absolute Gasteiger partial charge is 0.123 e. The highest BCUT2D eigenvalue weighted by Gasteiger charge is 2.25. The van der Waals surface area contributed by atoms with E-state index in [1.54, 1.807) is 7.11 Å². The van der Waals surface area contributed by atoms with Gasteiger partial charge >= 0.3 is 0 Å². The Hall–Kier alpha value is -1.06. The van der Waals surface area contributed by atoms with Gasteiger partial charge in [-0.05, 0) is 32.4 Å². The lowest BCUT2D eigenvalue weighted by Crippen LogP contribution is -2.30. The summed E-state index contributed by atoms with van der Waals surface area (Å²) < 4.78 is 5.38. The molecule has 3 nitrogen and oxygen atoms in total. The number of benzene rings is 1. The van der Waals surface area contributed by atoms with Crippen molar-refractivity contribution in [3.8, 4) is 5.75 Å². The van der Waals surface area contributed by atoms with E-state index in [9.17, 15) is 0 Å². The Morgan fingerprint density at radius 3 is 2.76 bits per heavy atom. The lowest BCUT2D eigenvalue weighted by Gasteiger charge is -2.25. The maximum atomic E-state index is 5.96. The van der Waals surface area contributed by atoms with Gasteiger partial charge in [-0.2, -0.15) is 0 Å². The van der Waals surface area contributed by atoms with Crippen LogP contribution in [0.15, 0.2) is 24.3 Å². The Morgan fingerprint density at radius 1 is 1.35 bits per heavy atom. The molecule has 17 heavy (non-hydrogen) atoms. The largest absolute Gasteiger partial charge is 0.496 e. The molecule has 0 radical (unpaired) electrons. The normalized spacial score (nSPS) is 24.2. The molecular weight excluding hydrogens is 212 g/mol. The first-order chi connectivity index (χ1) is 8.20. The minimum absolute atomic E-state index is 0.389. The van der Waals surface area contributed by atoms with Crippen LogP contribution < -0.4 is 10.5 Å². The van der Waals surface area contributed by atoms with Crippen LogP contribution in [0.1, 0.15) is 24.8 Å². The molecule has 1 saturated carbocycles. The highest BCUT2D eigenvalue weighted by atomic mass is 16.5. The van der Waals surface area contributed by atoms with Gasteiger partial charge in [0.15, 0.2) is 0 Å². The number of nitrogens with two attached hydrogens (primary N) is 1. The van der Waals surface area contributed by atoms with Crippen LogP contribution >= 0.6 is 0 Å². The third-order valence-electron chi connectivity index (χ3n) is 3.68. The second-order valence-corrected chi connectivity index (χ2v) is 4.95. The van der Waals surface area contributed by atoms with Crippen LogP contribution in [0.2, 0.25) is 0 Å². The van der Waals surface area contributed by atoms with Gasteiger partial charge in [0.25, 0.3) is 0 Å². The van der Waals surface area contributed by atoms with Crippen molar-refractivity contribution in [2.24, 2.45) is 5.73 Å². The lowest BCUT2D eigenvalue weighted by atomic mass is 10.1. The van der Waals surface area contributed by atoms with E-state index in [0.29, 0.717) is 12.1 Å². The van der Waals surface area contributed by atoms with Crippen LogP contribution in [0.25, 0.3) is 0 Å². The molecule has 0 aromatic heterocycles. The molecule has 1 fully saturated rings. The fourth-order valence-electron chi connectivity index (χ4n) is 2.62. The molecule has 0 amide bonds. The number of hydrogen-bond acceptors (Lipinski definition) is 3. The monoisotopic (exact) mass is 234 g/mol. The average molecular weight is 234 g/mol. The average Bonchev–Trinajstić information content (AvgIpc) is 2.77. The second kappa shape index (κ2) is 5.52. The van der Waals surface area contributed by atoms with E-state index in [4.69, 9.17) is 10.5 Å². The first kappa shape index (κ1) is 12.4. The summed E-state index contributed by atoms with van der Waals surface area (Å²) in [5.74, 6) is 0.974. The molecule has 0 saturated heterocycles. The van der Waals surface area contributed by atoms with E-state index in [1.165, 1.54) is 12.0 Å². The highest BCUT2D eigenvalue weighted by Crippen LogP contribution is 2.25. The molecule has 0 spiro atoms. The van der Waals surface area contributed by atoms with E-state index in [1.807, 2.05) is 12.1 Å². The van der Waals surface area contributed by atoms with Crippen molar-refractivity contribution in [3.63, 3.8) is 0 Å². The molecule has 0 aliphatic heterocycles. The van der Waals surface area contributed by atoms with Crippen LogP contribution in [-0.2, 0) is 6.54 Å². The molecule has 1 aliphatic carbocycles. The van der Waals surface area contributed by atoms with E-state index < -0.39 is 0 Å². The van der Waals surface area contributed by atoms with E-state index >= 15 is 0 Å². The van der Waals surface area contributed by atoms with Gasteiger partial charge in [0.05, 0.1) is 7.11 Å². The van der Waals surface area contributed by atoms with Gasteiger partial charge < -0.3 is 10.5 Å². The van der Waals surface area contributed by atoms with Gasteiger partial charge in [0.1, 0.15) is 5.75 Å². The Kier molecular flexibility index (Phi) is 4.02. The molecule has 1 aromatic rings. The zero-order chi connectivity index (χ0) is 12.3. The predicted molar refractivity (Wildman–Crippen MR) is 70.1 cm³/mol. The molecular formula is C14H22N2O. The third-order valence-corrected chi connectivity index (χ3v) is 3.68. The summed E-state index contributed by atoms with van der Waals surface area (Å²) in [4.78, 5) is 2.39. The number of para-hydroxylation sites is 1. The number of hydrogen-bond donors (Lipinski definition) is 1. The summed E-state index contributed by atoms with van der Waals surface area (Å²) in [7, 11) is 3.90. The predicted octanol–water partition coefficient (Wildman–Crippen LogP) is 2.01. The minimum Gasteiger partial charge on any atom is -0.496 e. The summed E-state index contributed by atoms with van der Waals surface area (Å²) in [6, 6.07) is 9.23. The first-order valence-corrected chi connectivity index (χ1v) is 6.28. The van der Waals surface area contributed by atoms with Crippen LogP contribution in [0.4, 0.5) is 0 Å². The Morgan fingerprint density at radius 2 is 2.12 bits per heavy atom. The zero-order valence-electron chi connectivity index (χ0n) is 10.7. The van der Waals surface area contributed by atoms with Crippen LogP contribution in [-0.4, -0.2) is 31.1 Å². The van der Waals surface area contributed by atoms with E-state index in [0.717, 1.165) is 25.1 Å². The van der Waals surface area contributed by atoms with Gasteiger partial charge in [-0.3, -0.25) is 4.90 Å². The molecule has 0 bridgehead atoms. The van der Waals surface area contributed by atoms with Crippen molar-refractivity contribution in [1.82, 2.24) is 4.90 Å². The quantitative estimate of drug-likeness (QED) is 0.866. The van der Waals surface area contributed by atoms with Crippen LogP contribution in [0.3, 0.4) is 0 Å². The summed E-state index contributed by atoms with van der Waals surface area (Å²) >= 11 is 0. The number of methoxy groups -OCH3 is 1. The maximum Gasteiger partial charge on any atom is 0.123 e. The van der Waals surface area contributed by atoms with Gasteiger partial charge in [0, 0.05) is 24.2 Å². The van der Waals surface area contributed by atoms with E-state index in [-0.39, 0.29) is 0 Å². The molecule has 1 aromatic carbocycles. The topological polar surface area (TPSA) is 38.5 Å². The van der Waals surface area contributed by atoms with Gasteiger partial charge in [-0.1, -0.05) is 18.2 Å². The fourth-order valence-corrected chi connectivity index (χ4v) is 2.62. The Balaban J connectivity index is 2.00. The molecule has 2 rings (SSSR count). The third kappa shape index (κ3) is 2.99. The van der Waals surface area contributed by atoms with Crippen molar-refractivity contribution < 1.29 is 4.74 Å². The van der Waals surface area contributed by atoms with E-state index in [2.05, 4.69) is 24.1 Å². The van der Waals surface area contributed by atoms with Gasteiger partial charge in [0.2, 0.25) is 0 Å². The molecule has 0 heterocycles. The molecule has 94 valence electrons. The molecule has 2 N–H and O–H groups in total. The minimum atomic E-state index is 0.389. The highest BCUT2D eigenvalue weighted by molar-refractivity contribution is 5.33. The van der Waals surface area contributed by atoms with Crippen molar-refractivity contribution in [2.75, 3.05) is 14.2 Å². The second-order valence-electron chi connectivity index (χ2n) is 4.95. The van der Waals surface area contributed by atoms with Gasteiger partial charge in [-0.15, -0.1) is 0 Å². The van der Waals surface area contributed by atoms with Gasteiger partial charge in [-0.25, -0.2) is 0 Å². The summed E-state index contributed by atoms with van der Waals surface area (Å²) in [5.41, 5.74) is 7.21. The van der Waals surface area contributed by atoms with Crippen molar-refractivity contribution in [2.45, 2.75) is 37.9 Å². The zero-order valence-corrected chi connectivity index (χ0v) is 10.7. The number of ether oxygens (including phenoxy) is 1. The number of nitrogens with zero attached hydrogens (tertiary/aromatic N) is 1. The Labute approximate surface area is 104 Å². The standard InChI is InChI=1S/C14H22N2O/c1-16(13-8-7-12(15)9-13)10-11-5-3-4-6-14(11)17-2/h3-6,12-13H,7-10,15H2,1-2H3. The summed E-state index contributed by atoms with van der Waals surface area (Å²) in [6.45, 7) is 0.932. The van der Waals surface area contributed by atoms with Crippen molar-refractivity contribution >= 4 is 0 Å². The first-order valence-electron chi connectivity index (χ1n) is 6.28. The fraction of sp³-hybridized carbons (Fsp3) is 0.571. The number of rotatable bonds is 4. The summed E-state index contributed by atoms with van der Waals surface area (Å²) in [6.07, 6.45) is 3.49. The SMILES string of the molecule is COc1ccccc1CN(C)C1CCC(N)C1. The molecule has 2 unspecified atom stereocenters. The van der Waals surface area contributed by atoms with Crippen LogP contribution in [0, 0.1) is 0 Å². The molecule has 2 atom stereocenters. The van der Waals surface area contributed by atoms with Crippen LogP contribution in [0.5, 0.6) is 5.75 Å². The lowest BCUT2D eigenvalue weighted by molar-refractivity contribution is 0.232. The molecule has 1 aliphatic rings. The van der Waals surface area contributed by atoms with Crippen molar-refractivity contribution in [1.29, 1.82) is 0 Å². The molecule has 3 heteroatoms.